The van der Waals surface area contributed by atoms with Gasteiger partial charge in [-0.1, -0.05) is 0 Å². The fraction of sp³-hybridized carbons (Fsp3) is 0.600. The van der Waals surface area contributed by atoms with Gasteiger partial charge in [0.15, 0.2) is 5.78 Å². The number of thioether (sulfide) groups is 1. The zero-order valence-electron chi connectivity index (χ0n) is 9.07. The number of halogens is 1. The topological polar surface area (TPSA) is 46.9 Å². The third-order valence-corrected chi connectivity index (χ3v) is 4.21. The molecule has 0 amide bonds. The molecular weight excluding hydrogens is 290 g/mol. The molecule has 0 radical (unpaired) electrons. The maximum Gasteiger partial charge on any atom is 0.199 e. The molecule has 1 atom stereocenters. The summed E-state index contributed by atoms with van der Waals surface area (Å²) in [5.41, 5.74) is 0.683. The van der Waals surface area contributed by atoms with E-state index in [2.05, 4.69) is 26.3 Å². The summed E-state index contributed by atoms with van der Waals surface area (Å²) in [7, 11) is 0. The van der Waals surface area contributed by atoms with Crippen molar-refractivity contribution in [3.8, 4) is 0 Å². The van der Waals surface area contributed by atoms with Gasteiger partial charge < -0.3 is 5.32 Å². The molecule has 1 aliphatic heterocycles. The number of hydrogen-bond donors (Lipinski definition) is 1. The van der Waals surface area contributed by atoms with Crippen molar-refractivity contribution >= 4 is 33.5 Å². The van der Waals surface area contributed by atoms with Gasteiger partial charge in [0.2, 0.25) is 0 Å². The Bertz CT molecular complexity index is 387. The fourth-order valence-corrected chi connectivity index (χ4v) is 3.17. The highest BCUT2D eigenvalue weighted by atomic mass is 79.9. The molecule has 0 aliphatic carbocycles. The number of rotatable bonds is 3. The molecule has 0 saturated carbocycles. The Kier molecular flexibility index (Phi) is 4.05. The number of carbonyl (C=O) groups excluding carboxylic acids is 1. The molecule has 4 nitrogen and oxygen atoms in total. The first kappa shape index (κ1) is 12.1. The minimum atomic E-state index is -0.0722. The summed E-state index contributed by atoms with van der Waals surface area (Å²) in [6.45, 7) is 3.60. The molecule has 1 aromatic heterocycles. The molecule has 1 fully saturated rings. The first-order chi connectivity index (χ1) is 7.74. The fourth-order valence-electron chi connectivity index (χ4n) is 1.75. The van der Waals surface area contributed by atoms with Gasteiger partial charge >= 0.3 is 0 Å². The van der Waals surface area contributed by atoms with E-state index >= 15 is 0 Å². The van der Waals surface area contributed by atoms with Crippen LogP contribution in [0.1, 0.15) is 17.4 Å². The van der Waals surface area contributed by atoms with Crippen LogP contribution in [0, 0.1) is 0 Å². The zero-order chi connectivity index (χ0) is 11.5. The third-order valence-electron chi connectivity index (χ3n) is 2.57. The molecule has 2 rings (SSSR count). The van der Waals surface area contributed by atoms with E-state index in [1.54, 1.807) is 10.9 Å². The highest BCUT2D eigenvalue weighted by Crippen LogP contribution is 2.20. The van der Waals surface area contributed by atoms with Crippen LogP contribution in [0.2, 0.25) is 0 Å². The van der Waals surface area contributed by atoms with Crippen molar-refractivity contribution in [2.75, 3.05) is 18.1 Å². The summed E-state index contributed by atoms with van der Waals surface area (Å²) in [4.78, 5) is 12.3. The smallest absolute Gasteiger partial charge is 0.199 e. The molecule has 6 heteroatoms. The van der Waals surface area contributed by atoms with Crippen LogP contribution in [0.25, 0.3) is 0 Å². The molecule has 1 aromatic rings. The quantitative estimate of drug-likeness (QED) is 0.861. The average Bonchev–Trinajstić information content (AvgIpc) is 2.70. The van der Waals surface area contributed by atoms with E-state index < -0.39 is 0 Å². The maximum absolute atomic E-state index is 12.3. The zero-order valence-corrected chi connectivity index (χ0v) is 11.5. The van der Waals surface area contributed by atoms with Crippen molar-refractivity contribution in [2.24, 2.45) is 0 Å². The summed E-state index contributed by atoms with van der Waals surface area (Å²) in [5, 5.41) is 7.42. The monoisotopic (exact) mass is 303 g/mol. The summed E-state index contributed by atoms with van der Waals surface area (Å²) in [6.07, 6.45) is 1.69. The van der Waals surface area contributed by atoms with Crippen LogP contribution in [-0.2, 0) is 6.54 Å². The summed E-state index contributed by atoms with van der Waals surface area (Å²) >= 11 is 5.21. The molecule has 1 N–H and O–H groups in total. The average molecular weight is 304 g/mol. The maximum atomic E-state index is 12.3. The third kappa shape index (κ3) is 2.33. The van der Waals surface area contributed by atoms with E-state index in [0.717, 1.165) is 22.5 Å². The van der Waals surface area contributed by atoms with Crippen molar-refractivity contribution < 1.29 is 4.79 Å². The van der Waals surface area contributed by atoms with Gasteiger partial charge in [0.05, 0.1) is 16.7 Å². The van der Waals surface area contributed by atoms with Crippen molar-refractivity contribution in [1.29, 1.82) is 0 Å². The lowest BCUT2D eigenvalue weighted by atomic mass is 10.1. The largest absolute Gasteiger partial charge is 0.306 e. The molecule has 0 aromatic carbocycles. The number of ketones is 1. The number of aromatic nitrogens is 2. The van der Waals surface area contributed by atoms with Crippen LogP contribution >= 0.6 is 27.7 Å². The molecule has 2 heterocycles. The predicted molar refractivity (Wildman–Crippen MR) is 69.0 cm³/mol. The standard InChI is InChI=1S/C10H14BrN3OS/c1-2-14-9(7(11)5-13-14)10(15)8-6-16-4-3-12-8/h5,8,12H,2-4,6H2,1H3. The van der Waals surface area contributed by atoms with Crippen LogP contribution in [0.5, 0.6) is 0 Å². The predicted octanol–water partition coefficient (Wildman–Crippen LogP) is 1.55. The number of nitrogens with zero attached hydrogens (tertiary/aromatic N) is 2. The molecule has 0 bridgehead atoms. The second-order valence-electron chi connectivity index (χ2n) is 3.60. The van der Waals surface area contributed by atoms with Crippen LogP contribution in [0.3, 0.4) is 0 Å². The highest BCUT2D eigenvalue weighted by Gasteiger charge is 2.26. The molecule has 1 unspecified atom stereocenters. The van der Waals surface area contributed by atoms with Crippen LogP contribution in [0.4, 0.5) is 0 Å². The Labute approximate surface area is 107 Å². The number of hydrogen-bond acceptors (Lipinski definition) is 4. The Morgan fingerprint density at radius 1 is 1.81 bits per heavy atom. The Morgan fingerprint density at radius 3 is 3.25 bits per heavy atom. The van der Waals surface area contributed by atoms with Gasteiger partial charge in [-0.25, -0.2) is 0 Å². The first-order valence-electron chi connectivity index (χ1n) is 5.30. The highest BCUT2D eigenvalue weighted by molar-refractivity contribution is 9.10. The second-order valence-corrected chi connectivity index (χ2v) is 5.61. The van der Waals surface area contributed by atoms with E-state index in [9.17, 15) is 4.79 Å². The van der Waals surface area contributed by atoms with Crippen molar-refractivity contribution in [3.05, 3.63) is 16.4 Å². The summed E-state index contributed by atoms with van der Waals surface area (Å²) in [6, 6.07) is -0.0722. The lowest BCUT2D eigenvalue weighted by molar-refractivity contribution is 0.0941. The number of Topliss-reactive ketones (excluding diaryl/α,β-unsaturated/α-hetero) is 1. The Balaban J connectivity index is 2.21. The van der Waals surface area contributed by atoms with Gasteiger partial charge in [-0.3, -0.25) is 9.48 Å². The minimum absolute atomic E-state index is 0.0722. The molecule has 0 spiro atoms. The van der Waals surface area contributed by atoms with Gasteiger partial charge in [-0.05, 0) is 22.9 Å². The van der Waals surface area contributed by atoms with E-state index in [4.69, 9.17) is 0 Å². The van der Waals surface area contributed by atoms with Crippen LogP contribution in [0.15, 0.2) is 10.7 Å². The van der Waals surface area contributed by atoms with Gasteiger partial charge in [0.1, 0.15) is 5.69 Å². The molecule has 16 heavy (non-hydrogen) atoms. The molecular formula is C10H14BrN3OS. The van der Waals surface area contributed by atoms with Crippen LogP contribution < -0.4 is 5.32 Å². The Morgan fingerprint density at radius 2 is 2.62 bits per heavy atom. The van der Waals surface area contributed by atoms with E-state index in [-0.39, 0.29) is 11.8 Å². The van der Waals surface area contributed by atoms with Crippen molar-refractivity contribution in [3.63, 3.8) is 0 Å². The SMILES string of the molecule is CCn1ncc(Br)c1C(=O)C1CSCCN1. The second kappa shape index (κ2) is 5.33. The molecule has 1 saturated heterocycles. The van der Waals surface area contributed by atoms with Crippen molar-refractivity contribution in [1.82, 2.24) is 15.1 Å². The first-order valence-corrected chi connectivity index (χ1v) is 7.25. The number of carbonyl (C=O) groups is 1. The van der Waals surface area contributed by atoms with Crippen molar-refractivity contribution in [2.45, 2.75) is 19.5 Å². The Hall–Kier alpha value is -0.330. The normalized spacial score (nSPS) is 21.0. The summed E-state index contributed by atoms with van der Waals surface area (Å²) in [5.74, 6) is 2.07. The summed E-state index contributed by atoms with van der Waals surface area (Å²) < 4.78 is 2.53. The minimum Gasteiger partial charge on any atom is -0.306 e. The lowest BCUT2D eigenvalue weighted by Gasteiger charge is -2.22. The molecule has 88 valence electrons. The van der Waals surface area contributed by atoms with Gasteiger partial charge in [-0.15, -0.1) is 0 Å². The molecule has 1 aliphatic rings. The van der Waals surface area contributed by atoms with E-state index in [0.29, 0.717) is 12.2 Å². The lowest BCUT2D eigenvalue weighted by Crippen LogP contribution is -2.44. The van der Waals surface area contributed by atoms with Gasteiger partial charge in [0, 0.05) is 24.6 Å². The van der Waals surface area contributed by atoms with E-state index in [1.807, 2.05) is 18.7 Å². The number of aryl methyl sites for hydroxylation is 1. The van der Waals surface area contributed by atoms with E-state index in [1.165, 1.54) is 0 Å². The van der Waals surface area contributed by atoms with Gasteiger partial charge in [0.25, 0.3) is 0 Å². The van der Waals surface area contributed by atoms with Gasteiger partial charge in [-0.2, -0.15) is 16.9 Å². The van der Waals surface area contributed by atoms with Crippen LogP contribution in [-0.4, -0.2) is 39.7 Å². The number of nitrogens with one attached hydrogen (secondary N) is 1.